The van der Waals surface area contributed by atoms with Gasteiger partial charge in [-0.1, -0.05) is 29.8 Å². The van der Waals surface area contributed by atoms with Crippen LogP contribution in [0, 0.1) is 12.7 Å². The van der Waals surface area contributed by atoms with Crippen molar-refractivity contribution >= 4 is 17.8 Å². The van der Waals surface area contributed by atoms with E-state index in [0.29, 0.717) is 10.6 Å². The van der Waals surface area contributed by atoms with Crippen molar-refractivity contribution in [1.29, 1.82) is 0 Å². The Morgan fingerprint density at radius 1 is 1.04 bits per heavy atom. The zero-order valence-electron chi connectivity index (χ0n) is 12.5. The number of rotatable bonds is 1. The van der Waals surface area contributed by atoms with Crippen molar-refractivity contribution in [3.8, 4) is 5.69 Å². The summed E-state index contributed by atoms with van der Waals surface area (Å²) in [7, 11) is 0. The molecule has 0 radical (unpaired) electrons. The monoisotopic (exact) mass is 324 g/mol. The summed E-state index contributed by atoms with van der Waals surface area (Å²) in [5.41, 5.74) is 4.51. The number of fused-ring (bicyclic) bond motifs is 3. The van der Waals surface area contributed by atoms with Gasteiger partial charge in [0.2, 0.25) is 0 Å². The van der Waals surface area contributed by atoms with Crippen molar-refractivity contribution in [2.24, 2.45) is 4.99 Å². The van der Waals surface area contributed by atoms with Gasteiger partial charge in [0.05, 0.1) is 11.4 Å². The van der Waals surface area contributed by atoms with E-state index < -0.39 is 6.04 Å². The largest absolute Gasteiger partial charge is 0.313 e. The van der Waals surface area contributed by atoms with Crippen molar-refractivity contribution in [3.63, 3.8) is 0 Å². The quantitative estimate of drug-likeness (QED) is 0.592. The normalized spacial score (nSPS) is 15.9. The number of aromatic nitrogens is 1. The van der Waals surface area contributed by atoms with Crippen molar-refractivity contribution in [1.82, 2.24) is 4.57 Å². The topological polar surface area (TPSA) is 17.3 Å². The Kier molecular flexibility index (Phi) is 3.31. The summed E-state index contributed by atoms with van der Waals surface area (Å²) in [5, 5.41) is 0.619. The lowest BCUT2D eigenvalue weighted by Gasteiger charge is -2.18. The maximum absolute atomic E-state index is 14.3. The zero-order chi connectivity index (χ0) is 16.0. The maximum atomic E-state index is 14.3. The van der Waals surface area contributed by atoms with Crippen LogP contribution in [0.2, 0.25) is 5.02 Å². The predicted octanol–water partition coefficient (Wildman–Crippen LogP) is 5.10. The molecule has 23 heavy (non-hydrogen) atoms. The predicted molar refractivity (Wildman–Crippen MR) is 91.4 cm³/mol. The molecule has 1 aromatic heterocycles. The molecule has 0 N–H and O–H groups in total. The summed E-state index contributed by atoms with van der Waals surface area (Å²) >= 11 is 6.21. The fourth-order valence-electron chi connectivity index (χ4n) is 3.11. The van der Waals surface area contributed by atoms with Gasteiger partial charge in [-0.05, 0) is 43.3 Å². The van der Waals surface area contributed by atoms with Crippen LogP contribution in [0.3, 0.4) is 0 Å². The number of hydrogen-bond acceptors (Lipinski definition) is 1. The summed E-state index contributed by atoms with van der Waals surface area (Å²) < 4.78 is 16.4. The molecule has 1 aliphatic heterocycles. The van der Waals surface area contributed by atoms with Crippen LogP contribution in [0.25, 0.3) is 5.69 Å². The third kappa shape index (κ3) is 2.28. The van der Waals surface area contributed by atoms with Gasteiger partial charge in [-0.25, -0.2) is 4.39 Å². The first-order valence-corrected chi connectivity index (χ1v) is 7.79. The van der Waals surface area contributed by atoms with E-state index in [4.69, 9.17) is 11.6 Å². The van der Waals surface area contributed by atoms with E-state index >= 15 is 0 Å². The molecular formula is C19H14ClFN2. The van der Waals surface area contributed by atoms with E-state index in [1.807, 2.05) is 43.3 Å². The van der Waals surface area contributed by atoms with Crippen LogP contribution in [0.4, 0.5) is 4.39 Å². The van der Waals surface area contributed by atoms with Crippen LogP contribution in [-0.2, 0) is 0 Å². The van der Waals surface area contributed by atoms with E-state index in [-0.39, 0.29) is 5.82 Å². The molecule has 0 amide bonds. The molecule has 0 fully saturated rings. The summed E-state index contributed by atoms with van der Waals surface area (Å²) in [5.74, 6) is -0.260. The highest BCUT2D eigenvalue weighted by molar-refractivity contribution is 6.30. The first-order chi connectivity index (χ1) is 11.1. The van der Waals surface area contributed by atoms with Crippen LogP contribution in [0.5, 0.6) is 0 Å². The SMILES string of the molecule is Cc1ccc2n1-c1ccc(Cl)cc1C(c1ccccc1F)N=C2. The Labute approximate surface area is 138 Å². The lowest BCUT2D eigenvalue weighted by Crippen LogP contribution is -2.06. The minimum absolute atomic E-state index is 0.260. The molecule has 2 aromatic carbocycles. The average Bonchev–Trinajstić information content (AvgIpc) is 2.82. The highest BCUT2D eigenvalue weighted by Crippen LogP contribution is 2.36. The molecule has 1 aliphatic rings. The molecule has 0 saturated heterocycles. The molecule has 2 nitrogen and oxygen atoms in total. The van der Waals surface area contributed by atoms with Crippen LogP contribution in [0.1, 0.15) is 28.6 Å². The number of halogens is 2. The second-order valence-corrected chi connectivity index (χ2v) is 6.08. The van der Waals surface area contributed by atoms with Crippen molar-refractivity contribution in [2.45, 2.75) is 13.0 Å². The second kappa shape index (κ2) is 5.36. The van der Waals surface area contributed by atoms with Crippen molar-refractivity contribution in [2.75, 3.05) is 0 Å². The lowest BCUT2D eigenvalue weighted by molar-refractivity contribution is 0.600. The molecule has 4 rings (SSSR count). The molecule has 0 aliphatic carbocycles. The zero-order valence-corrected chi connectivity index (χ0v) is 13.3. The van der Waals surface area contributed by atoms with Crippen molar-refractivity contribution < 1.29 is 4.39 Å². The lowest BCUT2D eigenvalue weighted by atomic mass is 9.97. The van der Waals surface area contributed by atoms with Crippen LogP contribution in [0.15, 0.2) is 59.6 Å². The third-order valence-corrected chi connectivity index (χ3v) is 4.42. The van der Waals surface area contributed by atoms with Gasteiger partial charge < -0.3 is 4.57 Å². The molecule has 0 saturated carbocycles. The minimum atomic E-state index is -0.413. The first-order valence-electron chi connectivity index (χ1n) is 7.41. The smallest absolute Gasteiger partial charge is 0.128 e. The van der Waals surface area contributed by atoms with Gasteiger partial charge in [0.15, 0.2) is 0 Å². The van der Waals surface area contributed by atoms with Gasteiger partial charge in [-0.3, -0.25) is 4.99 Å². The molecule has 2 heterocycles. The molecule has 0 bridgehead atoms. The number of hydrogen-bond donors (Lipinski definition) is 0. The van der Waals surface area contributed by atoms with E-state index in [1.165, 1.54) is 6.07 Å². The first kappa shape index (κ1) is 14.2. The summed E-state index contributed by atoms with van der Waals surface area (Å²) in [6, 6.07) is 16.1. The van der Waals surface area contributed by atoms with Crippen LogP contribution >= 0.6 is 11.6 Å². The third-order valence-electron chi connectivity index (χ3n) is 4.19. The van der Waals surface area contributed by atoms with Gasteiger partial charge in [0.25, 0.3) is 0 Å². The van der Waals surface area contributed by atoms with Gasteiger partial charge in [-0.2, -0.15) is 0 Å². The molecule has 114 valence electrons. The molecule has 1 unspecified atom stereocenters. The summed E-state index contributed by atoms with van der Waals surface area (Å²) in [6.07, 6.45) is 1.80. The number of aryl methyl sites for hydroxylation is 1. The van der Waals surface area contributed by atoms with Crippen LogP contribution in [-0.4, -0.2) is 10.8 Å². The Balaban J connectivity index is 2.02. The number of benzene rings is 2. The highest BCUT2D eigenvalue weighted by Gasteiger charge is 2.24. The molecule has 1 atom stereocenters. The molecule has 0 spiro atoms. The fraction of sp³-hybridized carbons (Fsp3) is 0.105. The van der Waals surface area contributed by atoms with Gasteiger partial charge in [0.1, 0.15) is 11.9 Å². The Bertz CT molecular complexity index is 927. The maximum Gasteiger partial charge on any atom is 0.128 e. The Morgan fingerprint density at radius 2 is 1.87 bits per heavy atom. The van der Waals surface area contributed by atoms with E-state index in [1.54, 1.807) is 18.3 Å². The Morgan fingerprint density at radius 3 is 2.70 bits per heavy atom. The van der Waals surface area contributed by atoms with E-state index in [9.17, 15) is 4.39 Å². The summed E-state index contributed by atoms with van der Waals surface area (Å²) in [4.78, 5) is 4.65. The number of aliphatic imine (C=N–C) groups is 1. The highest BCUT2D eigenvalue weighted by atomic mass is 35.5. The van der Waals surface area contributed by atoms with E-state index in [2.05, 4.69) is 9.56 Å². The van der Waals surface area contributed by atoms with Gasteiger partial charge in [0, 0.05) is 28.1 Å². The minimum Gasteiger partial charge on any atom is -0.313 e. The van der Waals surface area contributed by atoms with Crippen molar-refractivity contribution in [3.05, 3.63) is 88.0 Å². The average molecular weight is 325 g/mol. The molecule has 4 heteroatoms. The van der Waals surface area contributed by atoms with E-state index in [0.717, 1.165) is 22.6 Å². The van der Waals surface area contributed by atoms with Gasteiger partial charge in [-0.15, -0.1) is 0 Å². The number of nitrogens with zero attached hydrogens (tertiary/aromatic N) is 2. The summed E-state index contributed by atoms with van der Waals surface area (Å²) in [6.45, 7) is 2.04. The van der Waals surface area contributed by atoms with Crippen LogP contribution < -0.4 is 0 Å². The molecular weight excluding hydrogens is 311 g/mol. The second-order valence-electron chi connectivity index (χ2n) is 5.64. The molecule has 3 aromatic rings. The van der Waals surface area contributed by atoms with Gasteiger partial charge >= 0.3 is 0 Å². The standard InChI is InChI=1S/C19H14ClFN2/c1-12-6-8-14-11-22-19(15-4-2-3-5-17(15)21)16-10-13(20)7-9-18(16)23(12)14/h2-11,19H,1H3. The fourth-order valence-corrected chi connectivity index (χ4v) is 3.29. The Hall–Kier alpha value is -2.39.